The Kier molecular flexibility index (Phi) is 36.9. The molecule has 0 aliphatic rings. The number of tetrazole rings is 4. The van der Waals surface area contributed by atoms with Gasteiger partial charge in [-0.3, -0.25) is 0 Å². The summed E-state index contributed by atoms with van der Waals surface area (Å²) in [4.78, 5) is 48.4. The van der Waals surface area contributed by atoms with Gasteiger partial charge in [0.25, 0.3) is 5.76 Å². The van der Waals surface area contributed by atoms with E-state index in [1.807, 2.05) is 0 Å². The van der Waals surface area contributed by atoms with Gasteiger partial charge < -0.3 is 18.9 Å². The van der Waals surface area contributed by atoms with Crippen molar-refractivity contribution in [1.82, 2.24) is 79.2 Å². The van der Waals surface area contributed by atoms with Gasteiger partial charge >= 0.3 is 53.0 Å². The van der Waals surface area contributed by atoms with Crippen molar-refractivity contribution in [2.24, 2.45) is 28.2 Å². The predicted molar refractivity (Wildman–Crippen MR) is 373 cm³/mol. The fourth-order valence-electron chi connectivity index (χ4n) is 10.2. The van der Waals surface area contributed by atoms with E-state index in [1.54, 1.807) is 43.3 Å². The number of aryl methyl sites for hydroxylation is 4. The molecule has 4 radical (unpaired) electrons. The predicted octanol–water partition coefficient (Wildman–Crippen LogP) is 14.0. The zero-order valence-electron chi connectivity index (χ0n) is 61.2. The van der Waals surface area contributed by atoms with Gasteiger partial charge in [0.15, 0.2) is 0 Å². The minimum Gasteiger partial charge on any atom is -0.514 e. The summed E-state index contributed by atoms with van der Waals surface area (Å²) in [5, 5.41) is 29.2. The third kappa shape index (κ3) is 25.7. The summed E-state index contributed by atoms with van der Waals surface area (Å²) in [6, 6.07) is 39.9. The van der Waals surface area contributed by atoms with E-state index in [0.29, 0.717) is 45.3 Å². The van der Waals surface area contributed by atoms with Crippen LogP contribution >= 0.6 is 23.5 Å². The molecule has 0 bridgehead atoms. The van der Waals surface area contributed by atoms with Crippen molar-refractivity contribution in [3.05, 3.63) is 281 Å². The maximum absolute atomic E-state index is 13.2. The third-order valence-corrected chi connectivity index (χ3v) is 17.1. The fourth-order valence-corrected chi connectivity index (χ4v) is 11.5. The number of alkyl halides is 17. The summed E-state index contributed by atoms with van der Waals surface area (Å²) in [7, 11) is 5.51. The van der Waals surface area contributed by atoms with Gasteiger partial charge in [-0.1, -0.05) is 73.0 Å². The number of ether oxygens (including phenoxy) is 4. The Morgan fingerprint density at radius 1 is 0.415 bits per heavy atom. The number of hydrogen-bond acceptors (Lipinski definition) is 18. The van der Waals surface area contributed by atoms with E-state index in [2.05, 4.69) is 79.1 Å². The topological polar surface area (TPSA) is 248 Å². The molecule has 8 aromatic carbocycles. The molecule has 0 spiro atoms. The number of halogens is 17. The quantitative estimate of drug-likeness (QED) is 0.0368. The minimum absolute atomic E-state index is 0. The van der Waals surface area contributed by atoms with E-state index in [9.17, 15) is 93.8 Å². The van der Waals surface area contributed by atoms with Crippen LogP contribution in [0.5, 0.6) is 23.0 Å². The van der Waals surface area contributed by atoms with Gasteiger partial charge in [-0.25, -0.2) is 19.2 Å². The standard InChI is InChI=1S/C19H16F3N4O2.C18H14F3N4O2.C17H11F6N4O2S.C17H12F5N4O2S.4Y/c1-12(2)13-7-6-9-16(26-18(27)25(3)23-24-26)14(13)11-28-17-10-5-4-8-15(17)19(20,21)22;1-3-12-7-6-9-15(25-17(26)24(2)22-23-25)13(12)11-27-16-10-5-4-8-14(16)18(19,20)21;1-26-15(28)27(25-24-26)12-6-4-8-14(30-17(21,22)23)10(12)9-29-13-7-3-2-5-11(13)16(18,19)20;1-25-16(27)26(24-23-25)12-6-4-8-14(29-15(18)19)10(12)9-28-13-7-3-2-5-11(13)17(20,21)22;;;;/h5-10H,1,11H2,2-3H3;3,5-10H,1,11H2,2H3;3-8H,9H2,1H3;3-8,15H,9H2,1H3;;;;/q4*-1;;;;. The summed E-state index contributed by atoms with van der Waals surface area (Å²) < 4.78 is 252. The van der Waals surface area contributed by atoms with E-state index in [0.717, 1.165) is 73.9 Å². The second kappa shape index (κ2) is 43.4. The van der Waals surface area contributed by atoms with E-state index in [1.165, 1.54) is 101 Å². The second-order valence-electron chi connectivity index (χ2n) is 23.1. The molecule has 0 unspecified atom stereocenters. The Bertz CT molecular complexity index is 5690. The van der Waals surface area contributed by atoms with Crippen molar-refractivity contribution in [3.63, 3.8) is 0 Å². The van der Waals surface area contributed by atoms with Crippen LogP contribution in [0.2, 0.25) is 0 Å². The largest absolute Gasteiger partial charge is 0.514 e. The molecule has 0 aliphatic carbocycles. The van der Waals surface area contributed by atoms with Gasteiger partial charge in [-0.15, -0.1) is 24.3 Å². The SMILES string of the molecule is C=C(C)c1cccc(-n2nnn(C)c2=O)c1COc1cc[c-]cc1C(F)(F)F.C=Cc1cccc(-n2nnn(C)c2=O)c1COc1cc[c-]cc1C(F)(F)F.Cn1nnn(-c2cccc(SC(F)(F)F)c2COc2cc[c-]cc2C(F)(F)F)c1=O.Cn1nnn(-c2cccc(SC(F)F)c2COc2cc[c-]cc2C(F)(F)F)c1=O.[Y].[Y].[Y].[Y]. The van der Waals surface area contributed by atoms with Gasteiger partial charge in [0.1, 0.15) is 26.4 Å². The average molecular weight is 2000 g/mol. The van der Waals surface area contributed by atoms with Crippen LogP contribution in [0.4, 0.5) is 74.6 Å². The summed E-state index contributed by atoms with van der Waals surface area (Å²) in [6.45, 7) is 7.68. The van der Waals surface area contributed by atoms with Crippen LogP contribution in [0.15, 0.2) is 188 Å². The number of aromatic nitrogens is 16. The molecule has 24 nitrogen and oxygen atoms in total. The molecular formula is C71H53F17N16O8S2Y4-4. The molecule has 612 valence electrons. The van der Waals surface area contributed by atoms with Crippen LogP contribution in [-0.4, -0.2) is 90.4 Å². The van der Waals surface area contributed by atoms with Crippen LogP contribution in [0, 0.1) is 24.3 Å². The molecule has 0 N–H and O–H groups in total. The van der Waals surface area contributed by atoms with Crippen molar-refractivity contribution >= 4 is 35.2 Å². The van der Waals surface area contributed by atoms with Crippen molar-refractivity contribution < 1.29 is 224 Å². The van der Waals surface area contributed by atoms with E-state index < -0.39 is 117 Å². The maximum atomic E-state index is 13.2. The second-order valence-corrected chi connectivity index (χ2v) is 25.2. The minimum atomic E-state index is -4.75. The Morgan fingerprint density at radius 3 is 0.983 bits per heavy atom. The number of allylic oxidation sites excluding steroid dienone is 1. The van der Waals surface area contributed by atoms with Crippen LogP contribution in [-0.2, 0) is 210 Å². The van der Waals surface area contributed by atoms with Crippen LogP contribution in [0.3, 0.4) is 0 Å². The Balaban J connectivity index is 0.000000277. The van der Waals surface area contributed by atoms with E-state index in [-0.39, 0.29) is 200 Å². The summed E-state index contributed by atoms with van der Waals surface area (Å²) >= 11 is -0.306. The Morgan fingerprint density at radius 2 is 0.695 bits per heavy atom. The van der Waals surface area contributed by atoms with Gasteiger partial charge in [-0.2, -0.15) is 185 Å². The Labute approximate surface area is 764 Å². The first-order valence-electron chi connectivity index (χ1n) is 31.9. The smallest absolute Gasteiger partial charge is 0.446 e. The summed E-state index contributed by atoms with van der Waals surface area (Å²) in [6.07, 6.45) is -17.1. The molecule has 4 heterocycles. The first-order chi connectivity index (χ1) is 53.7. The van der Waals surface area contributed by atoms with E-state index >= 15 is 0 Å². The molecule has 12 aromatic rings. The first-order valence-corrected chi connectivity index (χ1v) is 33.6. The molecule has 12 rings (SSSR count). The number of thioether (sulfide) groups is 2. The maximum Gasteiger partial charge on any atom is 0.446 e. The van der Waals surface area contributed by atoms with E-state index in [4.69, 9.17) is 18.9 Å². The van der Waals surface area contributed by atoms with Crippen molar-refractivity contribution in [1.29, 1.82) is 0 Å². The van der Waals surface area contributed by atoms with Gasteiger partial charge in [-0.05, 0) is 130 Å². The van der Waals surface area contributed by atoms with Crippen molar-refractivity contribution in [3.8, 4) is 45.7 Å². The van der Waals surface area contributed by atoms with Gasteiger partial charge in [0, 0.05) is 214 Å². The number of benzene rings is 8. The van der Waals surface area contributed by atoms with Gasteiger partial charge in [0.2, 0.25) is 0 Å². The molecular weight excluding hydrogens is 1950 g/mol. The number of hydrogen-bond donors (Lipinski definition) is 0. The normalized spacial score (nSPS) is 11.3. The first kappa shape index (κ1) is 100. The molecule has 0 fully saturated rings. The molecule has 118 heavy (non-hydrogen) atoms. The Hall–Kier alpha value is -8.15. The zero-order chi connectivity index (χ0) is 83.4. The van der Waals surface area contributed by atoms with Crippen molar-refractivity contribution in [2.75, 3.05) is 0 Å². The average Bonchev–Trinajstić information content (AvgIpc) is 1.52. The molecule has 47 heteroatoms. The van der Waals surface area contributed by atoms with Crippen LogP contribution in [0.25, 0.3) is 34.4 Å². The number of nitrogens with zero attached hydrogens (tertiary/aromatic N) is 16. The summed E-state index contributed by atoms with van der Waals surface area (Å²) in [5.74, 6) is -4.55. The number of rotatable bonds is 21. The molecule has 0 saturated carbocycles. The van der Waals surface area contributed by atoms with Crippen LogP contribution in [0.1, 0.15) is 62.6 Å². The molecule has 0 saturated heterocycles. The van der Waals surface area contributed by atoms with Crippen molar-refractivity contribution in [2.45, 2.75) is 79.1 Å². The summed E-state index contributed by atoms with van der Waals surface area (Å²) in [5.41, 5.74) is -7.73. The van der Waals surface area contributed by atoms with Crippen LogP contribution < -0.4 is 41.7 Å². The fraction of sp³-hybridized carbons (Fsp3) is 0.211. The molecule has 0 atom stereocenters. The molecule has 0 aliphatic heterocycles. The monoisotopic (exact) mass is 2000 g/mol. The third-order valence-electron chi connectivity index (χ3n) is 15.5. The van der Waals surface area contributed by atoms with Gasteiger partial charge in [0.05, 0.1) is 22.7 Å². The molecule has 4 aromatic heterocycles. The molecule has 0 amide bonds. The zero-order valence-corrected chi connectivity index (χ0v) is 74.2.